The highest BCUT2D eigenvalue weighted by molar-refractivity contribution is 5.59. The van der Waals surface area contributed by atoms with Crippen LogP contribution in [0.15, 0.2) is 60.8 Å². The lowest BCUT2D eigenvalue weighted by atomic mass is 10.1. The van der Waals surface area contributed by atoms with Crippen LogP contribution in [0, 0.1) is 5.82 Å². The molecule has 1 atom stereocenters. The van der Waals surface area contributed by atoms with Crippen LogP contribution in [0.3, 0.4) is 0 Å². The number of nitrogens with zero attached hydrogens (tertiary/aromatic N) is 4. The molecule has 24 heavy (non-hydrogen) atoms. The van der Waals surface area contributed by atoms with Crippen molar-refractivity contribution in [2.45, 2.75) is 6.10 Å². The van der Waals surface area contributed by atoms with Crippen LogP contribution in [0.2, 0.25) is 0 Å². The summed E-state index contributed by atoms with van der Waals surface area (Å²) in [6.07, 6.45) is 0.817. The van der Waals surface area contributed by atoms with E-state index in [0.717, 1.165) is 5.56 Å². The molecular formula is C18H17FN4O. The molecule has 3 aromatic rings. The van der Waals surface area contributed by atoms with E-state index < -0.39 is 6.10 Å². The number of aliphatic hydroxyl groups excluding tert-OH is 1. The molecule has 2 aromatic carbocycles. The van der Waals surface area contributed by atoms with Crippen molar-refractivity contribution in [2.75, 3.05) is 18.5 Å². The van der Waals surface area contributed by atoms with Gasteiger partial charge in [-0.2, -0.15) is 5.10 Å². The molecule has 0 aliphatic heterocycles. The average Bonchev–Trinajstić information content (AvgIpc) is 2.62. The van der Waals surface area contributed by atoms with Gasteiger partial charge < -0.3 is 10.0 Å². The van der Waals surface area contributed by atoms with Crippen LogP contribution in [-0.2, 0) is 0 Å². The molecule has 5 nitrogen and oxygen atoms in total. The van der Waals surface area contributed by atoms with Crippen molar-refractivity contribution < 1.29 is 9.50 Å². The van der Waals surface area contributed by atoms with E-state index in [-0.39, 0.29) is 5.82 Å². The van der Waals surface area contributed by atoms with E-state index in [4.69, 9.17) is 0 Å². The molecular weight excluding hydrogens is 307 g/mol. The molecule has 0 aliphatic carbocycles. The zero-order valence-corrected chi connectivity index (χ0v) is 13.2. The Morgan fingerprint density at radius 3 is 2.67 bits per heavy atom. The second-order valence-corrected chi connectivity index (χ2v) is 5.46. The molecule has 0 radical (unpaired) electrons. The van der Waals surface area contributed by atoms with E-state index in [9.17, 15) is 9.50 Å². The third-order valence-corrected chi connectivity index (χ3v) is 3.64. The lowest BCUT2D eigenvalue weighted by Crippen LogP contribution is -2.26. The molecule has 3 rings (SSSR count). The quantitative estimate of drug-likeness (QED) is 0.782. The number of rotatable bonds is 5. The third kappa shape index (κ3) is 3.72. The molecule has 6 heteroatoms. The van der Waals surface area contributed by atoms with E-state index >= 15 is 0 Å². The second-order valence-electron chi connectivity index (χ2n) is 5.46. The van der Waals surface area contributed by atoms with Crippen molar-refractivity contribution in [1.29, 1.82) is 0 Å². The Morgan fingerprint density at radius 2 is 1.92 bits per heavy atom. The van der Waals surface area contributed by atoms with E-state index in [1.54, 1.807) is 24.1 Å². The van der Waals surface area contributed by atoms with Gasteiger partial charge in [0.05, 0.1) is 24.5 Å². The van der Waals surface area contributed by atoms with Crippen LogP contribution < -0.4 is 4.90 Å². The van der Waals surface area contributed by atoms with Gasteiger partial charge in [0.2, 0.25) is 5.95 Å². The molecule has 0 aliphatic rings. The van der Waals surface area contributed by atoms with E-state index in [2.05, 4.69) is 15.2 Å². The Morgan fingerprint density at radius 1 is 1.12 bits per heavy atom. The number of aromatic nitrogens is 3. The number of hydrogen-bond acceptors (Lipinski definition) is 5. The minimum atomic E-state index is -0.669. The summed E-state index contributed by atoms with van der Waals surface area (Å²) in [5.41, 5.74) is 1.97. The van der Waals surface area contributed by atoms with Crippen molar-refractivity contribution in [3.8, 4) is 11.3 Å². The van der Waals surface area contributed by atoms with Crippen molar-refractivity contribution >= 4 is 5.95 Å². The van der Waals surface area contributed by atoms with Crippen LogP contribution in [0.4, 0.5) is 10.3 Å². The van der Waals surface area contributed by atoms with Gasteiger partial charge >= 0.3 is 0 Å². The van der Waals surface area contributed by atoms with Crippen LogP contribution in [-0.4, -0.2) is 33.9 Å². The first-order valence-electron chi connectivity index (χ1n) is 7.53. The summed E-state index contributed by atoms with van der Waals surface area (Å²) in [5.74, 6) is 0.0345. The topological polar surface area (TPSA) is 62.1 Å². The predicted molar refractivity (Wildman–Crippen MR) is 89.9 cm³/mol. The highest BCUT2D eigenvalue weighted by Gasteiger charge is 2.14. The Kier molecular flexibility index (Phi) is 4.77. The largest absolute Gasteiger partial charge is 0.387 e. The van der Waals surface area contributed by atoms with Crippen LogP contribution in [0.1, 0.15) is 11.7 Å². The maximum Gasteiger partial charge on any atom is 0.245 e. The minimum Gasteiger partial charge on any atom is -0.387 e. The number of likely N-dealkylation sites (N-methyl/N-ethyl adjacent to an activating group) is 1. The third-order valence-electron chi connectivity index (χ3n) is 3.64. The molecule has 1 unspecified atom stereocenters. The van der Waals surface area contributed by atoms with Gasteiger partial charge in [-0.3, -0.25) is 0 Å². The fourth-order valence-corrected chi connectivity index (χ4v) is 2.36. The zero-order chi connectivity index (χ0) is 16.9. The van der Waals surface area contributed by atoms with Gasteiger partial charge in [-0.05, 0) is 17.7 Å². The second kappa shape index (κ2) is 7.14. The van der Waals surface area contributed by atoms with Gasteiger partial charge in [-0.25, -0.2) is 9.37 Å². The Bertz CT molecular complexity index is 813. The summed E-state index contributed by atoms with van der Waals surface area (Å²) in [7, 11) is 1.78. The number of anilines is 1. The van der Waals surface area contributed by atoms with Crippen LogP contribution >= 0.6 is 0 Å². The van der Waals surface area contributed by atoms with Crippen LogP contribution in [0.25, 0.3) is 11.3 Å². The minimum absolute atomic E-state index is 0.318. The molecule has 1 aromatic heterocycles. The fraction of sp³-hybridized carbons (Fsp3) is 0.167. The number of hydrogen-bond donors (Lipinski definition) is 1. The molecule has 122 valence electrons. The van der Waals surface area contributed by atoms with Crippen LogP contribution in [0.5, 0.6) is 0 Å². The summed E-state index contributed by atoms with van der Waals surface area (Å²) in [6.45, 7) is 0.318. The van der Waals surface area contributed by atoms with Crippen molar-refractivity contribution in [2.24, 2.45) is 0 Å². The van der Waals surface area contributed by atoms with Crippen molar-refractivity contribution in [3.05, 3.63) is 72.2 Å². The smallest absolute Gasteiger partial charge is 0.245 e. The standard InChI is InChI=1S/C18H17FN4O/c1-23(12-17(24)13-6-3-2-4-7-13)18-21-16(11-20-22-18)14-8-5-9-15(19)10-14/h2-11,17,24H,12H2,1H3. The molecule has 0 amide bonds. The van der Waals surface area contributed by atoms with Crippen molar-refractivity contribution in [3.63, 3.8) is 0 Å². The molecule has 0 saturated carbocycles. The summed E-state index contributed by atoms with van der Waals surface area (Å²) in [6, 6.07) is 15.5. The Hall–Kier alpha value is -2.86. The van der Waals surface area contributed by atoms with Gasteiger partial charge in [-0.1, -0.05) is 42.5 Å². The van der Waals surface area contributed by atoms with E-state index in [1.807, 2.05) is 30.3 Å². The number of benzene rings is 2. The monoisotopic (exact) mass is 324 g/mol. The van der Waals surface area contributed by atoms with Gasteiger partial charge in [0.1, 0.15) is 5.82 Å². The lowest BCUT2D eigenvalue weighted by molar-refractivity contribution is 0.184. The molecule has 0 saturated heterocycles. The first-order chi connectivity index (χ1) is 11.6. The summed E-state index contributed by atoms with van der Waals surface area (Å²) in [5, 5.41) is 18.2. The normalized spacial score (nSPS) is 12.0. The number of halogens is 1. The van der Waals surface area contributed by atoms with E-state index in [0.29, 0.717) is 23.8 Å². The van der Waals surface area contributed by atoms with Gasteiger partial charge in [-0.15, -0.1) is 5.10 Å². The van der Waals surface area contributed by atoms with Gasteiger partial charge in [0.15, 0.2) is 0 Å². The molecule has 0 fully saturated rings. The summed E-state index contributed by atoms with van der Waals surface area (Å²) < 4.78 is 13.4. The predicted octanol–water partition coefficient (Wildman–Crippen LogP) is 2.85. The highest BCUT2D eigenvalue weighted by atomic mass is 19.1. The average molecular weight is 324 g/mol. The molecule has 0 spiro atoms. The van der Waals surface area contributed by atoms with Gasteiger partial charge in [0.25, 0.3) is 0 Å². The zero-order valence-electron chi connectivity index (χ0n) is 13.2. The first-order valence-corrected chi connectivity index (χ1v) is 7.53. The Balaban J connectivity index is 1.78. The fourth-order valence-electron chi connectivity index (χ4n) is 2.36. The molecule has 1 N–H and O–H groups in total. The molecule has 1 heterocycles. The highest BCUT2D eigenvalue weighted by Crippen LogP contribution is 2.20. The van der Waals surface area contributed by atoms with Crippen molar-refractivity contribution in [1.82, 2.24) is 15.2 Å². The summed E-state index contributed by atoms with van der Waals surface area (Å²) >= 11 is 0. The first kappa shape index (κ1) is 16.0. The Labute approximate surface area is 139 Å². The van der Waals surface area contributed by atoms with Gasteiger partial charge in [0, 0.05) is 12.6 Å². The van der Waals surface area contributed by atoms with E-state index in [1.165, 1.54) is 18.3 Å². The molecule has 0 bridgehead atoms. The number of aliphatic hydroxyl groups is 1. The summed E-state index contributed by atoms with van der Waals surface area (Å²) in [4.78, 5) is 6.12. The lowest BCUT2D eigenvalue weighted by Gasteiger charge is -2.20. The maximum absolute atomic E-state index is 13.4. The SMILES string of the molecule is CN(CC(O)c1ccccc1)c1nncc(-c2cccc(F)c2)n1. The maximum atomic E-state index is 13.4.